The fraction of sp³-hybridized carbons (Fsp3) is 0.333. The highest BCUT2D eigenvalue weighted by molar-refractivity contribution is 5.77. The van der Waals surface area contributed by atoms with Gasteiger partial charge in [0.25, 0.3) is 0 Å². The molecule has 1 unspecified atom stereocenters. The van der Waals surface area contributed by atoms with Crippen molar-refractivity contribution in [2.24, 2.45) is 5.92 Å². The van der Waals surface area contributed by atoms with Crippen molar-refractivity contribution in [2.45, 2.75) is 19.5 Å². The Labute approximate surface area is 103 Å². The van der Waals surface area contributed by atoms with Gasteiger partial charge in [-0.15, -0.1) is 0 Å². The number of fused-ring (bicyclic) bond motifs is 1. The second-order valence-electron chi connectivity index (χ2n) is 4.95. The Bertz CT molecular complexity index is 487. The molecule has 0 bridgehead atoms. The third kappa shape index (κ3) is 1.74. The van der Waals surface area contributed by atoms with Gasteiger partial charge in [0.15, 0.2) is 0 Å². The van der Waals surface area contributed by atoms with Crippen LogP contribution in [0.25, 0.3) is 0 Å². The monoisotopic (exact) mass is 226 g/mol. The Morgan fingerprint density at radius 1 is 1.29 bits per heavy atom. The van der Waals surface area contributed by atoms with Crippen molar-refractivity contribution in [3.05, 3.63) is 48.1 Å². The first-order valence-corrected chi connectivity index (χ1v) is 6.22. The molecule has 1 aliphatic heterocycles. The molecule has 0 spiro atoms. The van der Waals surface area contributed by atoms with Crippen LogP contribution in [-0.4, -0.2) is 13.2 Å². The number of nitrogens with one attached hydrogen (secondary N) is 1. The first kappa shape index (κ1) is 10.5. The van der Waals surface area contributed by atoms with Crippen LogP contribution in [0, 0.1) is 5.92 Å². The zero-order valence-corrected chi connectivity index (χ0v) is 10.4. The molecule has 2 atom stereocenters. The van der Waals surface area contributed by atoms with Crippen molar-refractivity contribution in [2.75, 3.05) is 17.3 Å². The van der Waals surface area contributed by atoms with Crippen LogP contribution in [0.3, 0.4) is 0 Å². The van der Waals surface area contributed by atoms with Crippen LogP contribution in [0.15, 0.2) is 48.1 Å². The van der Waals surface area contributed by atoms with Gasteiger partial charge in [0, 0.05) is 7.05 Å². The molecule has 1 N–H and O–H groups in total. The van der Waals surface area contributed by atoms with E-state index in [1.54, 1.807) is 0 Å². The summed E-state index contributed by atoms with van der Waals surface area (Å²) in [5, 5.41) is 3.58. The lowest BCUT2D eigenvalue weighted by atomic mass is 9.97. The molecule has 1 aromatic rings. The zero-order valence-electron chi connectivity index (χ0n) is 10.4. The lowest BCUT2D eigenvalue weighted by molar-refractivity contribution is 0.714. The summed E-state index contributed by atoms with van der Waals surface area (Å²) in [6, 6.07) is 8.47. The first-order chi connectivity index (χ1) is 8.25. The molecule has 2 nitrogen and oxygen atoms in total. The molecule has 88 valence electrons. The smallest absolute Gasteiger partial charge is 0.125 e. The molecular weight excluding hydrogens is 208 g/mol. The molecule has 0 fully saturated rings. The zero-order chi connectivity index (χ0) is 11.8. The van der Waals surface area contributed by atoms with E-state index in [4.69, 9.17) is 0 Å². The van der Waals surface area contributed by atoms with Crippen molar-refractivity contribution < 1.29 is 0 Å². The number of para-hydroxylation sites is 2. The quantitative estimate of drug-likeness (QED) is 0.789. The molecule has 0 radical (unpaired) electrons. The van der Waals surface area contributed by atoms with Gasteiger partial charge in [-0.1, -0.05) is 37.3 Å². The summed E-state index contributed by atoms with van der Waals surface area (Å²) in [5.74, 6) is 0.674. The average Bonchev–Trinajstić information content (AvgIpc) is 2.69. The highest BCUT2D eigenvalue weighted by atomic mass is 15.3. The van der Waals surface area contributed by atoms with Gasteiger partial charge < -0.3 is 10.2 Å². The number of benzene rings is 1. The molecule has 0 aromatic heterocycles. The van der Waals surface area contributed by atoms with Crippen LogP contribution in [-0.2, 0) is 0 Å². The van der Waals surface area contributed by atoms with Crippen LogP contribution in [0.1, 0.15) is 13.3 Å². The number of hydrogen-bond donors (Lipinski definition) is 1. The van der Waals surface area contributed by atoms with Gasteiger partial charge in [0.1, 0.15) is 6.17 Å². The molecule has 1 heterocycles. The molecule has 2 heteroatoms. The van der Waals surface area contributed by atoms with Crippen molar-refractivity contribution in [1.82, 2.24) is 0 Å². The van der Waals surface area contributed by atoms with Crippen molar-refractivity contribution >= 4 is 11.4 Å². The van der Waals surface area contributed by atoms with Crippen molar-refractivity contribution in [3.8, 4) is 0 Å². The lowest BCUT2D eigenvalue weighted by Gasteiger charge is -2.25. The van der Waals surface area contributed by atoms with E-state index in [0.29, 0.717) is 5.92 Å². The summed E-state index contributed by atoms with van der Waals surface area (Å²) in [4.78, 5) is 2.31. The Balaban J connectivity index is 1.87. The van der Waals surface area contributed by atoms with Gasteiger partial charge in [-0.05, 0) is 30.0 Å². The van der Waals surface area contributed by atoms with E-state index < -0.39 is 0 Å². The molecule has 3 rings (SSSR count). The molecular formula is C15H18N2. The number of likely N-dealkylation sites (N-methyl/N-ethyl adjacent to an activating group) is 1. The Morgan fingerprint density at radius 3 is 2.82 bits per heavy atom. The third-order valence-corrected chi connectivity index (χ3v) is 3.62. The highest BCUT2D eigenvalue weighted by Crippen LogP contribution is 2.36. The minimum atomic E-state index is 0.288. The maximum atomic E-state index is 3.58. The van der Waals surface area contributed by atoms with Crippen molar-refractivity contribution in [3.63, 3.8) is 0 Å². The number of hydrogen-bond acceptors (Lipinski definition) is 2. The second-order valence-corrected chi connectivity index (χ2v) is 4.95. The van der Waals surface area contributed by atoms with Gasteiger partial charge in [0.05, 0.1) is 11.4 Å². The molecule has 1 aliphatic carbocycles. The molecule has 0 amide bonds. The predicted molar refractivity (Wildman–Crippen MR) is 73.3 cm³/mol. The van der Waals surface area contributed by atoms with E-state index in [1.807, 2.05) is 0 Å². The normalized spacial score (nSPS) is 26.5. The van der Waals surface area contributed by atoms with Crippen LogP contribution in [0.4, 0.5) is 11.4 Å². The van der Waals surface area contributed by atoms with Gasteiger partial charge in [0.2, 0.25) is 0 Å². The third-order valence-electron chi connectivity index (χ3n) is 3.62. The van der Waals surface area contributed by atoms with Gasteiger partial charge >= 0.3 is 0 Å². The summed E-state index contributed by atoms with van der Waals surface area (Å²) in [5.41, 5.74) is 3.89. The summed E-state index contributed by atoms with van der Waals surface area (Å²) >= 11 is 0. The fourth-order valence-electron chi connectivity index (χ4n) is 2.54. The Kier molecular flexibility index (Phi) is 2.43. The average molecular weight is 226 g/mol. The summed E-state index contributed by atoms with van der Waals surface area (Å²) in [6.45, 7) is 2.25. The van der Waals surface area contributed by atoms with Gasteiger partial charge in [-0.25, -0.2) is 0 Å². The number of rotatable bonds is 1. The Morgan fingerprint density at radius 2 is 2.12 bits per heavy atom. The van der Waals surface area contributed by atoms with Crippen LogP contribution >= 0.6 is 0 Å². The van der Waals surface area contributed by atoms with Crippen molar-refractivity contribution in [1.29, 1.82) is 0 Å². The van der Waals surface area contributed by atoms with E-state index in [0.717, 1.165) is 6.42 Å². The van der Waals surface area contributed by atoms with E-state index in [9.17, 15) is 0 Å². The number of anilines is 2. The summed E-state index contributed by atoms with van der Waals surface area (Å²) < 4.78 is 0. The van der Waals surface area contributed by atoms with Crippen LogP contribution < -0.4 is 10.2 Å². The summed E-state index contributed by atoms with van der Waals surface area (Å²) in [6.07, 6.45) is 8.34. The standard InChI is InChI=1S/C15H18N2/c1-11-7-9-12(10-8-11)15-16-13-5-3-4-6-14(13)17(15)2/h3-7,9-11,15-16H,8H2,1-2H3/t11?,15-/m1/s1. The number of nitrogens with zero attached hydrogens (tertiary/aromatic N) is 1. The van der Waals surface area contributed by atoms with Gasteiger partial charge in [-0.3, -0.25) is 0 Å². The SMILES string of the molecule is CC1C=CC([C@@H]2Nc3ccccc3N2C)=CC1. The molecule has 2 aliphatic rings. The Hall–Kier alpha value is -1.70. The lowest BCUT2D eigenvalue weighted by Crippen LogP contribution is -2.34. The molecule has 0 saturated heterocycles. The molecule has 17 heavy (non-hydrogen) atoms. The maximum absolute atomic E-state index is 3.58. The topological polar surface area (TPSA) is 15.3 Å². The van der Waals surface area contributed by atoms with E-state index in [2.05, 4.69) is 66.7 Å². The van der Waals surface area contributed by atoms with E-state index in [-0.39, 0.29) is 6.17 Å². The predicted octanol–water partition coefficient (Wildman–Crippen LogP) is 3.40. The van der Waals surface area contributed by atoms with Gasteiger partial charge in [-0.2, -0.15) is 0 Å². The molecule has 1 aromatic carbocycles. The van der Waals surface area contributed by atoms with E-state index in [1.165, 1.54) is 16.9 Å². The minimum absolute atomic E-state index is 0.288. The van der Waals surface area contributed by atoms with Crippen LogP contribution in [0.5, 0.6) is 0 Å². The number of allylic oxidation sites excluding steroid dienone is 2. The fourth-order valence-corrected chi connectivity index (χ4v) is 2.54. The summed E-state index contributed by atoms with van der Waals surface area (Å²) in [7, 11) is 2.15. The highest BCUT2D eigenvalue weighted by Gasteiger charge is 2.27. The molecule has 0 saturated carbocycles. The first-order valence-electron chi connectivity index (χ1n) is 6.22. The van der Waals surface area contributed by atoms with E-state index >= 15 is 0 Å². The van der Waals surface area contributed by atoms with Crippen LogP contribution in [0.2, 0.25) is 0 Å². The minimum Gasteiger partial charge on any atom is -0.360 e. The largest absolute Gasteiger partial charge is 0.360 e. The maximum Gasteiger partial charge on any atom is 0.125 e. The second kappa shape index (κ2) is 3.95.